The van der Waals surface area contributed by atoms with Gasteiger partial charge in [-0.3, -0.25) is 9.78 Å². The molecule has 1 atom stereocenters. The van der Waals surface area contributed by atoms with Crippen molar-refractivity contribution in [3.05, 3.63) is 111 Å². The smallest absolute Gasteiger partial charge is 0.435 e. The molecule has 1 aliphatic heterocycles. The van der Waals surface area contributed by atoms with E-state index in [0.717, 1.165) is 17.0 Å². The van der Waals surface area contributed by atoms with E-state index in [9.17, 15) is 22.8 Å². The maximum Gasteiger partial charge on any atom is 0.435 e. The van der Waals surface area contributed by atoms with Crippen molar-refractivity contribution in [1.82, 2.24) is 9.88 Å². The van der Waals surface area contributed by atoms with Crippen molar-refractivity contribution in [3.63, 3.8) is 0 Å². The number of halogens is 5. The first kappa shape index (κ1) is 29.1. The summed E-state index contributed by atoms with van der Waals surface area (Å²) >= 11 is 11.9. The van der Waals surface area contributed by atoms with Crippen molar-refractivity contribution in [3.8, 4) is 0 Å². The minimum absolute atomic E-state index is 0.00579. The number of pyridine rings is 1. The lowest BCUT2D eigenvalue weighted by Gasteiger charge is -2.29. The Morgan fingerprint density at radius 3 is 2.48 bits per heavy atom. The van der Waals surface area contributed by atoms with E-state index in [-0.39, 0.29) is 40.0 Å². The van der Waals surface area contributed by atoms with Crippen molar-refractivity contribution in [2.75, 3.05) is 6.61 Å². The SMILES string of the molecule is C=CCOC(=O)N(Cc1ccccn1)C(=O)c1ccc(C2=NOC(c3cc(Cl)cc(Cl)c3)(C(F)(F)F)C2)cc1C. The van der Waals surface area contributed by atoms with Crippen molar-refractivity contribution >= 4 is 40.9 Å². The molecule has 0 radical (unpaired) electrons. The van der Waals surface area contributed by atoms with Crippen molar-refractivity contribution < 1.29 is 32.3 Å². The third-order valence-corrected chi connectivity index (χ3v) is 6.58. The number of imide groups is 1. The molecule has 0 saturated carbocycles. The van der Waals surface area contributed by atoms with Gasteiger partial charge in [0.05, 0.1) is 18.0 Å². The molecule has 1 aliphatic rings. The molecule has 7 nitrogen and oxygen atoms in total. The van der Waals surface area contributed by atoms with Gasteiger partial charge in [0.25, 0.3) is 11.5 Å². The Morgan fingerprint density at radius 2 is 1.88 bits per heavy atom. The van der Waals surface area contributed by atoms with Crippen LogP contribution in [-0.2, 0) is 21.7 Å². The predicted octanol–water partition coefficient (Wildman–Crippen LogP) is 7.24. The quantitative estimate of drug-likeness (QED) is 0.270. The molecule has 2 heterocycles. The second kappa shape index (κ2) is 11.7. The molecule has 12 heteroatoms. The van der Waals surface area contributed by atoms with E-state index in [2.05, 4.69) is 16.7 Å². The Morgan fingerprint density at radius 1 is 1.15 bits per heavy atom. The first-order chi connectivity index (χ1) is 18.9. The van der Waals surface area contributed by atoms with E-state index in [4.69, 9.17) is 32.8 Å². The summed E-state index contributed by atoms with van der Waals surface area (Å²) in [6.07, 6.45) is -3.52. The summed E-state index contributed by atoms with van der Waals surface area (Å²) in [5.74, 6) is -0.674. The molecule has 0 bridgehead atoms. The molecule has 1 unspecified atom stereocenters. The molecule has 3 aromatic rings. The second-order valence-corrected chi connectivity index (χ2v) is 9.77. The van der Waals surface area contributed by atoms with Crippen LogP contribution < -0.4 is 0 Å². The minimum Gasteiger partial charge on any atom is -0.445 e. The second-order valence-electron chi connectivity index (χ2n) is 8.90. The lowest BCUT2D eigenvalue weighted by Crippen LogP contribution is -2.42. The van der Waals surface area contributed by atoms with Crippen LogP contribution in [-0.4, -0.2) is 40.4 Å². The standard InChI is InChI=1S/C28H22Cl2F3N3O4/c1-3-10-39-26(38)36(16-22-6-4-5-9-34-22)25(37)23-8-7-18(11-17(23)2)24-15-27(40-35-24,28(31,32)33)19-12-20(29)14-21(30)13-19/h3-9,11-14H,1,10,15-16H2,2H3. The number of aryl methyl sites for hydroxylation is 1. The fraction of sp³-hybridized carbons (Fsp3) is 0.214. The van der Waals surface area contributed by atoms with Crippen LogP contribution in [0.25, 0.3) is 0 Å². The van der Waals surface area contributed by atoms with Gasteiger partial charge in [-0.1, -0.05) is 53.1 Å². The van der Waals surface area contributed by atoms with E-state index in [1.165, 1.54) is 36.5 Å². The fourth-order valence-electron chi connectivity index (χ4n) is 4.16. The molecular weight excluding hydrogens is 570 g/mol. The maximum absolute atomic E-state index is 14.3. The molecule has 0 aliphatic carbocycles. The van der Waals surface area contributed by atoms with E-state index in [1.807, 2.05) is 0 Å². The van der Waals surface area contributed by atoms with E-state index in [0.29, 0.717) is 16.8 Å². The number of amides is 2. The highest BCUT2D eigenvalue weighted by Crippen LogP contribution is 2.49. The third kappa shape index (κ3) is 5.97. The van der Waals surface area contributed by atoms with Crippen LogP contribution in [0, 0.1) is 6.92 Å². The monoisotopic (exact) mass is 591 g/mol. The third-order valence-electron chi connectivity index (χ3n) is 6.14. The number of alkyl halides is 3. The van der Waals surface area contributed by atoms with Gasteiger partial charge in [-0.2, -0.15) is 13.2 Å². The average Bonchev–Trinajstić information content (AvgIpc) is 3.37. The number of nitrogens with zero attached hydrogens (tertiary/aromatic N) is 3. The number of ether oxygens (including phenoxy) is 1. The predicted molar refractivity (Wildman–Crippen MR) is 143 cm³/mol. The maximum atomic E-state index is 14.3. The van der Waals surface area contributed by atoms with Gasteiger partial charge in [0.1, 0.15) is 6.61 Å². The normalized spacial score (nSPS) is 16.6. The number of hydrogen-bond acceptors (Lipinski definition) is 6. The van der Waals surface area contributed by atoms with Crippen LogP contribution >= 0.6 is 23.2 Å². The Labute approximate surface area is 237 Å². The summed E-state index contributed by atoms with van der Waals surface area (Å²) in [6, 6.07) is 13.0. The molecule has 0 N–H and O–H groups in total. The minimum atomic E-state index is -4.85. The van der Waals surface area contributed by atoms with Crippen LogP contribution in [0.15, 0.2) is 78.6 Å². The molecule has 4 rings (SSSR count). The molecule has 0 fully saturated rings. The Kier molecular flexibility index (Phi) is 8.51. The van der Waals surface area contributed by atoms with Crippen LogP contribution in [0.3, 0.4) is 0 Å². The van der Waals surface area contributed by atoms with E-state index >= 15 is 0 Å². The number of hydrogen-bond donors (Lipinski definition) is 0. The molecule has 40 heavy (non-hydrogen) atoms. The lowest BCUT2D eigenvalue weighted by molar-refractivity contribution is -0.275. The van der Waals surface area contributed by atoms with Gasteiger partial charge in [-0.15, -0.1) is 0 Å². The average molecular weight is 592 g/mol. The number of benzene rings is 2. The number of aromatic nitrogens is 1. The van der Waals surface area contributed by atoms with Crippen molar-refractivity contribution in [1.29, 1.82) is 0 Å². The Balaban J connectivity index is 1.63. The summed E-state index contributed by atoms with van der Waals surface area (Å²) in [5.41, 5.74) is -1.80. The van der Waals surface area contributed by atoms with Gasteiger partial charge in [-0.25, -0.2) is 9.69 Å². The van der Waals surface area contributed by atoms with E-state index < -0.39 is 30.2 Å². The van der Waals surface area contributed by atoms with Crippen molar-refractivity contribution in [2.24, 2.45) is 5.16 Å². The van der Waals surface area contributed by atoms with Gasteiger partial charge >= 0.3 is 12.3 Å². The van der Waals surface area contributed by atoms with Crippen LogP contribution in [0.4, 0.5) is 18.0 Å². The number of carbonyl (C=O) groups excluding carboxylic acids is 2. The summed E-state index contributed by atoms with van der Waals surface area (Å²) in [4.78, 5) is 36.2. The molecule has 2 amide bonds. The summed E-state index contributed by atoms with van der Waals surface area (Å²) in [5, 5.41) is 3.79. The summed E-state index contributed by atoms with van der Waals surface area (Å²) < 4.78 is 48.1. The molecule has 1 aromatic heterocycles. The van der Waals surface area contributed by atoms with Gasteiger partial charge in [0, 0.05) is 33.8 Å². The zero-order chi connectivity index (χ0) is 29.1. The molecule has 208 valence electrons. The molecule has 2 aromatic carbocycles. The van der Waals surface area contributed by atoms with Gasteiger partial charge in [0.2, 0.25) is 0 Å². The molecule has 0 saturated heterocycles. The number of oxime groups is 1. The fourth-order valence-corrected chi connectivity index (χ4v) is 4.68. The Hall–Kier alpha value is -3.89. The van der Waals surface area contributed by atoms with Crippen LogP contribution in [0.5, 0.6) is 0 Å². The van der Waals surface area contributed by atoms with E-state index in [1.54, 1.807) is 25.1 Å². The summed E-state index contributed by atoms with van der Waals surface area (Å²) in [6.45, 7) is 4.82. The highest BCUT2D eigenvalue weighted by molar-refractivity contribution is 6.34. The number of rotatable bonds is 7. The lowest BCUT2D eigenvalue weighted by atomic mass is 9.86. The van der Waals surface area contributed by atoms with Crippen LogP contribution in [0.1, 0.15) is 39.2 Å². The van der Waals surface area contributed by atoms with Gasteiger partial charge in [0.15, 0.2) is 0 Å². The highest BCUT2D eigenvalue weighted by Gasteiger charge is 2.62. The zero-order valence-electron chi connectivity index (χ0n) is 21.0. The van der Waals surface area contributed by atoms with Crippen molar-refractivity contribution in [2.45, 2.75) is 31.7 Å². The van der Waals surface area contributed by atoms with Gasteiger partial charge < -0.3 is 9.57 Å². The first-order valence-corrected chi connectivity index (χ1v) is 12.6. The zero-order valence-corrected chi connectivity index (χ0v) is 22.6. The number of carbonyl (C=O) groups is 2. The van der Waals surface area contributed by atoms with Crippen LogP contribution in [0.2, 0.25) is 10.0 Å². The first-order valence-electron chi connectivity index (χ1n) is 11.8. The summed E-state index contributed by atoms with van der Waals surface area (Å²) in [7, 11) is 0. The highest BCUT2D eigenvalue weighted by atomic mass is 35.5. The van der Waals surface area contributed by atoms with Gasteiger partial charge in [-0.05, 0) is 60.5 Å². The molecule has 0 spiro atoms. The largest absolute Gasteiger partial charge is 0.445 e. The molecular formula is C28H22Cl2F3N3O4. The Bertz CT molecular complexity index is 1460. The topological polar surface area (TPSA) is 81.1 Å².